The second kappa shape index (κ2) is 38.7. The minimum absolute atomic E-state index is 0.00536. The van der Waals surface area contributed by atoms with Crippen molar-refractivity contribution in [3.05, 3.63) is 22.9 Å². The maximum absolute atomic E-state index is 12.2. The van der Waals surface area contributed by atoms with E-state index >= 15 is 0 Å². The molecule has 0 radical (unpaired) electrons. The predicted octanol–water partition coefficient (Wildman–Crippen LogP) is -11.2. The highest BCUT2D eigenvalue weighted by molar-refractivity contribution is 8.76. The first kappa shape index (κ1) is 83.0. The van der Waals surface area contributed by atoms with Gasteiger partial charge in [0.2, 0.25) is 0 Å². The molecular weight excluding hydrogens is 1370 g/mol. The van der Waals surface area contributed by atoms with Gasteiger partial charge >= 0.3 is 0 Å². The van der Waals surface area contributed by atoms with E-state index in [1.807, 2.05) is 0 Å². The maximum Gasteiger partial charge on any atom is 0.199 e. The average molecular weight is 1480 g/mol. The van der Waals surface area contributed by atoms with Crippen LogP contribution in [0.3, 0.4) is 0 Å². The molecule has 37 nitrogen and oxygen atoms in total. The first-order chi connectivity index (χ1) is 46.1. The molecule has 13 unspecified atom stereocenters. The van der Waals surface area contributed by atoms with Gasteiger partial charge in [0.05, 0.1) is 75.1 Å². The van der Waals surface area contributed by atoms with Crippen molar-refractivity contribution >= 4 is 45.1 Å². The Morgan fingerprint density at radius 1 is 0.474 bits per heavy atom. The Labute approximate surface area is 578 Å². The molecule has 0 amide bonds. The summed E-state index contributed by atoms with van der Waals surface area (Å²) in [5.74, 6) is 0.654. The molecule has 0 bridgehead atoms. The van der Waals surface area contributed by atoms with Crippen LogP contribution >= 0.6 is 45.1 Å². The Kier molecular flexibility index (Phi) is 33.1. The zero-order valence-electron chi connectivity index (χ0n) is 53.7. The maximum atomic E-state index is 12.2. The Bertz CT molecular complexity index is 2440. The van der Waals surface area contributed by atoms with Crippen molar-refractivity contribution in [2.45, 2.75) is 222 Å². The molecule has 3 saturated carbocycles. The average Bonchev–Trinajstić information content (AvgIpc) is 1.52. The monoisotopic (exact) mass is 1480 g/mol. The topological polar surface area (TPSA) is 697 Å². The Morgan fingerprint density at radius 3 is 1.41 bits per heavy atom. The molecule has 7 fully saturated rings. The molecule has 3 aliphatic carbocycles. The molecule has 0 aromatic rings. The lowest BCUT2D eigenvalue weighted by Crippen LogP contribution is -2.65. The predicted molar refractivity (Wildman–Crippen MR) is 353 cm³/mol. The third-order valence-electron chi connectivity index (χ3n) is 18.8. The van der Waals surface area contributed by atoms with Crippen molar-refractivity contribution < 1.29 is 124 Å². The van der Waals surface area contributed by atoms with E-state index < -0.39 is 224 Å². The summed E-state index contributed by atoms with van der Waals surface area (Å²) in [6.07, 6.45) is -34.6. The van der Waals surface area contributed by atoms with Gasteiger partial charge in [0.25, 0.3) is 0 Å². The summed E-state index contributed by atoms with van der Waals surface area (Å²) >= 11 is 2.86. The highest BCUT2D eigenvalue weighted by Crippen LogP contribution is 2.66. The number of hydrogen-bond acceptors (Lipinski definition) is 41. The fourth-order valence-corrected chi connectivity index (χ4v) is 16.6. The van der Waals surface area contributed by atoms with Crippen LogP contribution in [0.25, 0.3) is 0 Å². The van der Waals surface area contributed by atoms with E-state index in [2.05, 4.69) is 0 Å². The summed E-state index contributed by atoms with van der Waals surface area (Å²) in [7, 11) is 3.17. The van der Waals surface area contributed by atoms with Crippen LogP contribution in [0.2, 0.25) is 0 Å². The summed E-state index contributed by atoms with van der Waals surface area (Å²) in [5, 5.41) is 153. The molecule has 38 N–H and O–H groups in total. The van der Waals surface area contributed by atoms with Gasteiger partial charge in [-0.05, 0) is 51.1 Å². The minimum Gasteiger partial charge on any atom is -0.508 e. The number of nitrogens with two attached hydrogens (primary N) is 12. The number of aliphatic hydroxyl groups is 14. The van der Waals surface area contributed by atoms with E-state index in [1.165, 1.54) is 23.5 Å². The third kappa shape index (κ3) is 20.2. The van der Waals surface area contributed by atoms with Crippen molar-refractivity contribution in [3.8, 4) is 0 Å². The van der Waals surface area contributed by atoms with E-state index in [4.69, 9.17) is 121 Å². The lowest BCUT2D eigenvalue weighted by Gasteiger charge is -2.43. The molecule has 0 aromatic carbocycles. The van der Waals surface area contributed by atoms with Crippen LogP contribution in [0.5, 0.6) is 0 Å². The van der Waals surface area contributed by atoms with Crippen molar-refractivity contribution in [2.24, 2.45) is 80.1 Å². The fourth-order valence-electron chi connectivity index (χ4n) is 13.0. The lowest BCUT2D eigenvalue weighted by atomic mass is 9.83. The number of hydrogen-bond donors (Lipinski definition) is 26. The fraction of sp³-hybridized carbons (Fsp3) is 0.929. The zero-order valence-corrected chi connectivity index (χ0v) is 57.0. The van der Waals surface area contributed by atoms with Gasteiger partial charge in [-0.1, -0.05) is 21.6 Å². The Hall–Kier alpha value is -1.24. The first-order valence-corrected chi connectivity index (χ1v) is 37.2. The van der Waals surface area contributed by atoms with Crippen LogP contribution in [0.1, 0.15) is 32.1 Å². The van der Waals surface area contributed by atoms with Gasteiger partial charge in [-0.25, -0.2) is 0 Å². The van der Waals surface area contributed by atoms with Gasteiger partial charge in [0.15, 0.2) is 31.5 Å². The van der Waals surface area contributed by atoms with Gasteiger partial charge < -0.3 is 192 Å². The molecule has 41 heteroatoms. The standard InChI is InChI=1S/C56H108N12O25S4/c57-3-1-25(69)37(73)32(66)51(81)89-45-23(63)13-21(61)35(71)48(45)92-54-43(79)47(91-53-34(68)42(78)40(76)28(17-60)86-53)29(87-54)18-94-9-5-83-7-11-96-97-12-8-84-6-10-95-19-30-56(15-20(56)44-31(65)41(77)39(75)27(16-59)85-44)50(80)55(88-30)93-49-36(72)22(62)14-24(64)46(49)90-52(82)33(67)38(74)26(70)2-4-58/h20-31,34-36,39-55,69-82H,1-19,57-68H2/b37-32-,38-33-/t20?,21-,22-,23?,24?,25-,26-,27+,28+,29-,30-,31-,34-,35?,36?,39?,40?,41?,42?,43+,44?,45-,46-,47+,48?,49?,50-,51-,52-,53?,54+,55+,56+/m1/s1. The van der Waals surface area contributed by atoms with Crippen LogP contribution in [0.4, 0.5) is 0 Å². The number of ether oxygens (including phenoxy) is 11. The third-order valence-corrected chi connectivity index (χ3v) is 23.1. The normalized spacial score (nSPS) is 42.7. The summed E-state index contributed by atoms with van der Waals surface area (Å²) in [5.41, 5.74) is 70.3. The van der Waals surface area contributed by atoms with Crippen LogP contribution in [0.15, 0.2) is 22.9 Å². The molecule has 7 rings (SSSR count). The molecule has 0 aromatic heterocycles. The molecule has 4 saturated heterocycles. The largest absolute Gasteiger partial charge is 0.508 e. The van der Waals surface area contributed by atoms with Crippen LogP contribution in [0, 0.1) is 11.3 Å². The molecular formula is C56H108N12O25S4. The highest BCUT2D eigenvalue weighted by Gasteiger charge is 2.74. The van der Waals surface area contributed by atoms with Crippen LogP contribution < -0.4 is 68.8 Å². The van der Waals surface area contributed by atoms with Gasteiger partial charge in [-0.2, -0.15) is 23.5 Å². The Balaban J connectivity index is 0.862. The van der Waals surface area contributed by atoms with Crippen molar-refractivity contribution in [1.82, 2.24) is 0 Å². The van der Waals surface area contributed by atoms with Gasteiger partial charge in [0.1, 0.15) is 108 Å². The molecule has 4 heterocycles. The molecule has 97 heavy (non-hydrogen) atoms. The van der Waals surface area contributed by atoms with Gasteiger partial charge in [0, 0.05) is 77.2 Å². The summed E-state index contributed by atoms with van der Waals surface area (Å²) < 4.78 is 66.8. The van der Waals surface area contributed by atoms with Crippen molar-refractivity contribution in [3.63, 3.8) is 0 Å². The van der Waals surface area contributed by atoms with Crippen LogP contribution in [-0.2, 0) is 52.1 Å². The van der Waals surface area contributed by atoms with Crippen molar-refractivity contribution in [2.75, 3.05) is 87.1 Å². The quantitative estimate of drug-likeness (QED) is 0.0118. The zero-order chi connectivity index (χ0) is 71.3. The van der Waals surface area contributed by atoms with Gasteiger partial charge in [-0.3, -0.25) is 0 Å². The second-order valence-corrected chi connectivity index (χ2v) is 30.4. The SMILES string of the molecule is NCC[C@@H](O)/C(O)=C(/N)[C@H](O)O[C@@H]1C(N)C[C@@H](N)C(O)C1O[C@@H]1O[C@H](CSCCOCCSSCCOCCSC[C@H]2O[C@@H](OC3C(O)[C@H](N)CC(N)[C@H]3O[C@@H](O)/C(N)=C(/O)[C@H](O)CCN)[C@@H](O)[C@]23CC3C2O[C@@H](CN)C(O)C(O)[C@H]2N)[C@H](OC2O[C@@H](CN)C(O)C(O)[C@H]2N)[C@@H]1O. The lowest BCUT2D eigenvalue weighted by molar-refractivity contribution is -0.280. The number of aliphatic hydroxyl groups excluding tert-OH is 14. The smallest absolute Gasteiger partial charge is 0.199 e. The number of thioether (sulfide) groups is 2. The Morgan fingerprint density at radius 2 is 0.918 bits per heavy atom. The van der Waals surface area contributed by atoms with Gasteiger partial charge in [-0.15, -0.1) is 0 Å². The molecule has 566 valence electrons. The summed E-state index contributed by atoms with van der Waals surface area (Å²) in [6.45, 7) is 1.16. The summed E-state index contributed by atoms with van der Waals surface area (Å²) in [4.78, 5) is 0. The highest BCUT2D eigenvalue weighted by atomic mass is 33.1. The van der Waals surface area contributed by atoms with E-state index in [-0.39, 0.29) is 57.6 Å². The molecule has 33 atom stereocenters. The van der Waals surface area contributed by atoms with E-state index in [1.54, 1.807) is 21.6 Å². The van der Waals surface area contributed by atoms with Crippen LogP contribution in [-0.4, -0.2) is 348 Å². The van der Waals surface area contributed by atoms with E-state index in [0.717, 1.165) is 0 Å². The first-order valence-electron chi connectivity index (χ1n) is 32.4. The molecule has 7 aliphatic rings. The second-order valence-electron chi connectivity index (χ2n) is 25.4. The van der Waals surface area contributed by atoms with E-state index in [0.29, 0.717) is 61.6 Å². The van der Waals surface area contributed by atoms with E-state index in [9.17, 15) is 71.5 Å². The summed E-state index contributed by atoms with van der Waals surface area (Å²) in [6, 6.07) is -6.24. The minimum atomic E-state index is -2.06. The van der Waals surface area contributed by atoms with Crippen molar-refractivity contribution in [1.29, 1.82) is 0 Å². The molecule has 1 spiro atoms. The number of rotatable bonds is 38. The molecule has 4 aliphatic heterocycles.